The largest absolute Gasteiger partial charge is 0.540 e. The van der Waals surface area contributed by atoms with E-state index in [4.69, 9.17) is 5.73 Å². The van der Waals surface area contributed by atoms with Crippen molar-refractivity contribution in [3.63, 3.8) is 0 Å². The third-order valence-corrected chi connectivity index (χ3v) is 4.90. The number of hydrogen-bond donors (Lipinski definition) is 4. The number of urea groups is 1. The van der Waals surface area contributed by atoms with E-state index in [0.29, 0.717) is 32.4 Å². The number of amides is 6. The minimum absolute atomic E-state index is 0. The number of hydrogen-bond acceptors (Lipinski definition) is 6. The second-order valence-electron chi connectivity index (χ2n) is 8.24. The fraction of sp³-hybridized carbons (Fsp3) is 0.727. The van der Waals surface area contributed by atoms with Gasteiger partial charge in [-0.05, 0) is 25.2 Å². The van der Waals surface area contributed by atoms with E-state index in [1.165, 1.54) is 4.90 Å². The van der Waals surface area contributed by atoms with Gasteiger partial charge in [0.25, 0.3) is 0 Å². The van der Waals surface area contributed by atoms with Crippen LogP contribution in [0.25, 0.3) is 0 Å². The minimum atomic E-state index is -0.697. The van der Waals surface area contributed by atoms with Gasteiger partial charge in [-0.25, -0.2) is 11.1 Å². The van der Waals surface area contributed by atoms with Gasteiger partial charge in [0, 0.05) is 73.0 Å². The standard InChI is InChI=1S/C18H28N3O5.C4H10N2O.B.Y/c1-12(2)16(17(25)19-8-10-22)20-14(23)7-5-4-6-9-21-15(24)11-13(3)18(21)26;1-2-3-6-4(5)7;;/h12-13,16H,4-9,11H2,1-3H3,(H,19,25)(H,20,23);2-3H2,1H3,(H3,5,6,7);;/q-1;;;. The van der Waals surface area contributed by atoms with Crippen LogP contribution in [0.3, 0.4) is 0 Å². The zero-order chi connectivity index (χ0) is 25.4. The SMILES string of the molecule is CC1CC(=O)N(CCCCCC(=O)NC(C(=O)NC[C-]=O)C(C)C)C1=O.CCCNC(N)=O.[B].[Y]. The zero-order valence-corrected chi connectivity index (χ0v) is 24.1. The van der Waals surface area contributed by atoms with E-state index < -0.39 is 18.0 Å². The first-order valence-corrected chi connectivity index (χ1v) is 11.3. The Hall–Kier alpha value is -1.81. The molecule has 0 aliphatic carbocycles. The van der Waals surface area contributed by atoms with E-state index in [1.54, 1.807) is 27.1 Å². The normalized spacial score (nSPS) is 15.1. The molecule has 6 amide bonds. The Morgan fingerprint density at radius 2 is 1.77 bits per heavy atom. The third kappa shape index (κ3) is 16.5. The van der Waals surface area contributed by atoms with Gasteiger partial charge in [-0.2, -0.15) is 0 Å². The van der Waals surface area contributed by atoms with Crippen LogP contribution in [-0.4, -0.2) is 74.9 Å². The summed E-state index contributed by atoms with van der Waals surface area (Å²) in [6.45, 7) is 8.19. The second-order valence-corrected chi connectivity index (χ2v) is 8.24. The average Bonchev–Trinajstić information content (AvgIpc) is 2.99. The summed E-state index contributed by atoms with van der Waals surface area (Å²) in [7, 11) is 0. The van der Waals surface area contributed by atoms with Crippen LogP contribution < -0.4 is 21.7 Å². The molecule has 1 heterocycles. The predicted molar refractivity (Wildman–Crippen MR) is 128 cm³/mol. The summed E-state index contributed by atoms with van der Waals surface area (Å²) >= 11 is 0. The number of rotatable bonds is 13. The van der Waals surface area contributed by atoms with Gasteiger partial charge in [0.05, 0.1) is 0 Å². The summed E-state index contributed by atoms with van der Waals surface area (Å²) in [5.74, 6) is -1.23. The predicted octanol–water partition coefficient (Wildman–Crippen LogP) is -0.0101. The number of primary amides is 1. The molecule has 2 atom stereocenters. The number of likely N-dealkylation sites (tertiary alicyclic amines) is 1. The molecule has 0 aromatic heterocycles. The molecule has 1 fully saturated rings. The summed E-state index contributed by atoms with van der Waals surface area (Å²) in [5.41, 5.74) is 4.73. The molecular weight excluding hydrogens is 530 g/mol. The van der Waals surface area contributed by atoms with Gasteiger partial charge in [0.1, 0.15) is 6.04 Å². The first-order valence-electron chi connectivity index (χ1n) is 11.3. The molecular formula is C22H38BN5O6Y-. The molecule has 1 saturated heterocycles. The molecule has 0 saturated carbocycles. The molecule has 1 aliphatic heterocycles. The van der Waals surface area contributed by atoms with Crippen LogP contribution in [-0.2, 0) is 56.7 Å². The van der Waals surface area contributed by atoms with Crippen molar-refractivity contribution in [3.05, 3.63) is 0 Å². The topological polar surface area (TPSA) is 168 Å². The number of imide groups is 1. The van der Waals surface area contributed by atoms with Crippen LogP contribution in [0.5, 0.6) is 0 Å². The Morgan fingerprint density at radius 1 is 1.14 bits per heavy atom. The minimum Gasteiger partial charge on any atom is -0.540 e. The van der Waals surface area contributed by atoms with Crippen LogP contribution in [0.4, 0.5) is 4.79 Å². The number of nitrogens with one attached hydrogen (secondary N) is 3. The number of nitrogens with two attached hydrogens (primary N) is 1. The van der Waals surface area contributed by atoms with Crippen LogP contribution in [0, 0.1) is 11.8 Å². The summed E-state index contributed by atoms with van der Waals surface area (Å²) in [4.78, 5) is 68.8. The number of carbonyl (C=O) groups excluding carboxylic acids is 6. The van der Waals surface area contributed by atoms with Crippen molar-refractivity contribution < 1.29 is 61.5 Å². The maximum absolute atomic E-state index is 12.0. The number of unbranched alkanes of at least 4 members (excludes halogenated alkanes) is 2. The van der Waals surface area contributed by atoms with E-state index in [1.807, 2.05) is 6.92 Å². The molecule has 2 unspecified atom stereocenters. The third-order valence-electron chi connectivity index (χ3n) is 4.90. The van der Waals surface area contributed by atoms with Gasteiger partial charge in [-0.1, -0.05) is 40.7 Å². The Kier molecular flexibility index (Phi) is 23.1. The van der Waals surface area contributed by atoms with E-state index in [2.05, 4.69) is 16.0 Å². The molecule has 0 bridgehead atoms. The van der Waals surface area contributed by atoms with E-state index in [0.717, 1.165) is 6.42 Å². The Balaban J connectivity index is -0.000000993. The molecule has 13 heteroatoms. The van der Waals surface area contributed by atoms with Crippen molar-refractivity contribution in [2.45, 2.75) is 72.3 Å². The monoisotopic (exact) mass is 568 g/mol. The zero-order valence-electron chi connectivity index (χ0n) is 21.2. The molecule has 11 nitrogen and oxygen atoms in total. The van der Waals surface area contributed by atoms with Crippen LogP contribution >= 0.6 is 0 Å². The van der Waals surface area contributed by atoms with Crippen LogP contribution in [0.2, 0.25) is 0 Å². The molecule has 0 spiro atoms. The molecule has 5 N–H and O–H groups in total. The molecule has 194 valence electrons. The smallest absolute Gasteiger partial charge is 0.312 e. The fourth-order valence-corrected chi connectivity index (χ4v) is 3.08. The van der Waals surface area contributed by atoms with Gasteiger partial charge >= 0.3 is 6.03 Å². The maximum Gasteiger partial charge on any atom is 0.312 e. The number of nitrogens with zero attached hydrogens (tertiary/aromatic N) is 1. The van der Waals surface area contributed by atoms with Gasteiger partial charge < -0.3 is 26.5 Å². The Bertz CT molecular complexity index is 695. The van der Waals surface area contributed by atoms with Crippen molar-refractivity contribution in [1.29, 1.82) is 0 Å². The van der Waals surface area contributed by atoms with Gasteiger partial charge in [0.15, 0.2) is 0 Å². The number of carbonyl (C=O) groups is 5. The summed E-state index contributed by atoms with van der Waals surface area (Å²) < 4.78 is 0. The van der Waals surface area contributed by atoms with E-state index in [9.17, 15) is 28.8 Å². The van der Waals surface area contributed by atoms with Crippen molar-refractivity contribution in [2.24, 2.45) is 17.6 Å². The van der Waals surface area contributed by atoms with Crippen molar-refractivity contribution in [2.75, 3.05) is 19.6 Å². The summed E-state index contributed by atoms with van der Waals surface area (Å²) in [5, 5.41) is 7.50. The first kappa shape index (κ1) is 37.7. The molecule has 1 rings (SSSR count). The first-order chi connectivity index (χ1) is 15.5. The Labute approximate surface area is 235 Å². The van der Waals surface area contributed by atoms with Crippen molar-refractivity contribution in [3.8, 4) is 0 Å². The molecule has 1 aliphatic rings. The summed E-state index contributed by atoms with van der Waals surface area (Å²) in [6, 6.07) is -1.14. The molecule has 0 aromatic rings. The van der Waals surface area contributed by atoms with E-state index in [-0.39, 0.29) is 90.1 Å². The van der Waals surface area contributed by atoms with Crippen molar-refractivity contribution >= 4 is 44.4 Å². The maximum atomic E-state index is 12.0. The van der Waals surface area contributed by atoms with Gasteiger partial charge in [-0.3, -0.25) is 24.1 Å². The summed E-state index contributed by atoms with van der Waals surface area (Å²) in [6.07, 6.45) is 5.01. The Morgan fingerprint density at radius 3 is 2.20 bits per heavy atom. The quantitative estimate of drug-likeness (QED) is 0.106. The van der Waals surface area contributed by atoms with Crippen molar-refractivity contribution in [1.82, 2.24) is 20.9 Å². The second kappa shape index (κ2) is 21.5. The molecule has 0 aromatic carbocycles. The molecule has 4 radical (unpaired) electrons. The van der Waals surface area contributed by atoms with Crippen LogP contribution in [0.15, 0.2) is 0 Å². The van der Waals surface area contributed by atoms with E-state index >= 15 is 0 Å². The average molecular weight is 568 g/mol. The van der Waals surface area contributed by atoms with Gasteiger partial charge in [0.2, 0.25) is 23.6 Å². The fourth-order valence-electron chi connectivity index (χ4n) is 3.08. The molecule has 35 heavy (non-hydrogen) atoms. The van der Waals surface area contributed by atoms with Gasteiger partial charge in [-0.15, -0.1) is 0 Å². The van der Waals surface area contributed by atoms with Crippen LogP contribution in [0.1, 0.15) is 66.2 Å².